The van der Waals surface area contributed by atoms with Gasteiger partial charge in [-0.05, 0) is 67.8 Å². The maximum Gasteiger partial charge on any atom is 0.264 e. The Bertz CT molecular complexity index is 1660. The molecule has 0 fully saturated rings. The van der Waals surface area contributed by atoms with E-state index in [4.69, 9.17) is 4.74 Å². The number of aryl methyl sites for hydroxylation is 1. The standard InChI is InChI=1S/C37H43N3O5S/c1-4-6-24-38-37(42)35(26-30-15-9-7-10-16-30)39(27-31-17-13-14-29(3)25-31)36(41)28-40(32-20-22-33(23-21-32)45-5-2)46(43,44)34-18-11-8-12-19-34/h7-23,25,35H,4-6,24,26-28H2,1-3H3,(H,38,42)/t35-/m0/s1. The molecule has 4 rings (SSSR count). The minimum atomic E-state index is -4.17. The molecule has 9 heteroatoms. The van der Waals surface area contributed by atoms with E-state index in [1.54, 1.807) is 42.5 Å². The van der Waals surface area contributed by atoms with Gasteiger partial charge in [0.2, 0.25) is 11.8 Å². The van der Waals surface area contributed by atoms with Crippen molar-refractivity contribution < 1.29 is 22.7 Å². The van der Waals surface area contributed by atoms with E-state index in [0.29, 0.717) is 24.6 Å². The van der Waals surface area contributed by atoms with Gasteiger partial charge in [-0.25, -0.2) is 8.42 Å². The Kier molecular flexibility index (Phi) is 12.4. The molecule has 0 bridgehead atoms. The molecule has 1 N–H and O–H groups in total. The van der Waals surface area contributed by atoms with E-state index in [1.807, 2.05) is 75.4 Å². The molecule has 4 aromatic carbocycles. The minimum absolute atomic E-state index is 0.0556. The highest BCUT2D eigenvalue weighted by Crippen LogP contribution is 2.27. The number of hydrogen-bond acceptors (Lipinski definition) is 5. The average Bonchev–Trinajstić information content (AvgIpc) is 3.06. The Balaban J connectivity index is 1.78. The highest BCUT2D eigenvalue weighted by Gasteiger charge is 2.34. The Morgan fingerprint density at radius 1 is 0.826 bits per heavy atom. The first-order chi connectivity index (χ1) is 22.2. The van der Waals surface area contributed by atoms with Gasteiger partial charge in [-0.2, -0.15) is 0 Å². The monoisotopic (exact) mass is 641 g/mol. The van der Waals surface area contributed by atoms with Gasteiger partial charge >= 0.3 is 0 Å². The summed E-state index contributed by atoms with van der Waals surface area (Å²) >= 11 is 0. The first kappa shape index (κ1) is 34.2. The molecule has 4 aromatic rings. The molecule has 1 atom stereocenters. The van der Waals surface area contributed by atoms with Crippen LogP contribution in [0.2, 0.25) is 0 Å². The van der Waals surface area contributed by atoms with Crippen LogP contribution in [0.5, 0.6) is 5.75 Å². The molecular formula is C37H43N3O5S. The van der Waals surface area contributed by atoms with Crippen LogP contribution in [0.3, 0.4) is 0 Å². The van der Waals surface area contributed by atoms with Crippen LogP contribution in [0.4, 0.5) is 5.69 Å². The number of unbranched alkanes of at least 4 members (excludes halogenated alkanes) is 1. The van der Waals surface area contributed by atoms with Gasteiger partial charge in [-0.3, -0.25) is 13.9 Å². The predicted molar refractivity (Wildman–Crippen MR) is 182 cm³/mol. The number of anilines is 1. The van der Waals surface area contributed by atoms with E-state index in [1.165, 1.54) is 17.0 Å². The summed E-state index contributed by atoms with van der Waals surface area (Å²) in [5.74, 6) is -0.194. The third kappa shape index (κ3) is 9.20. The van der Waals surface area contributed by atoms with Crippen LogP contribution in [0.15, 0.2) is 114 Å². The second-order valence-electron chi connectivity index (χ2n) is 11.1. The molecule has 0 aliphatic rings. The number of sulfonamides is 1. The van der Waals surface area contributed by atoms with Gasteiger partial charge in [-0.1, -0.05) is 91.7 Å². The van der Waals surface area contributed by atoms with Gasteiger partial charge in [0, 0.05) is 19.5 Å². The van der Waals surface area contributed by atoms with Gasteiger partial charge in [0.05, 0.1) is 17.2 Å². The largest absolute Gasteiger partial charge is 0.494 e. The number of rotatable bonds is 16. The van der Waals surface area contributed by atoms with E-state index >= 15 is 0 Å². The van der Waals surface area contributed by atoms with Gasteiger partial charge in [-0.15, -0.1) is 0 Å². The molecule has 46 heavy (non-hydrogen) atoms. The SMILES string of the molecule is CCCCNC(=O)[C@H](Cc1ccccc1)N(Cc1cccc(C)c1)C(=O)CN(c1ccc(OCC)cc1)S(=O)(=O)c1ccccc1. The van der Waals surface area contributed by atoms with Crippen LogP contribution in [-0.2, 0) is 32.6 Å². The summed E-state index contributed by atoms with van der Waals surface area (Å²) in [6, 6.07) is 31.1. The summed E-state index contributed by atoms with van der Waals surface area (Å²) in [5.41, 5.74) is 3.05. The summed E-state index contributed by atoms with van der Waals surface area (Å²) in [5, 5.41) is 3.02. The number of nitrogens with zero attached hydrogens (tertiary/aromatic N) is 2. The molecule has 0 aliphatic carbocycles. The lowest BCUT2D eigenvalue weighted by atomic mass is 10.0. The lowest BCUT2D eigenvalue weighted by Gasteiger charge is -2.34. The van der Waals surface area contributed by atoms with Crippen molar-refractivity contribution in [2.45, 2.75) is 57.5 Å². The molecule has 0 aliphatic heterocycles. The number of ether oxygens (including phenoxy) is 1. The molecule has 0 heterocycles. The molecule has 0 radical (unpaired) electrons. The van der Waals surface area contributed by atoms with Gasteiger partial charge in [0.1, 0.15) is 18.3 Å². The fourth-order valence-corrected chi connectivity index (χ4v) is 6.63. The van der Waals surface area contributed by atoms with Crippen molar-refractivity contribution in [3.05, 3.63) is 126 Å². The van der Waals surface area contributed by atoms with Gasteiger partial charge in [0.25, 0.3) is 10.0 Å². The van der Waals surface area contributed by atoms with Gasteiger partial charge < -0.3 is 15.0 Å². The zero-order chi connectivity index (χ0) is 32.9. The molecule has 0 aromatic heterocycles. The quantitative estimate of drug-likeness (QED) is 0.148. The first-order valence-corrected chi connectivity index (χ1v) is 17.1. The molecule has 8 nitrogen and oxygen atoms in total. The molecule has 0 saturated carbocycles. The molecule has 0 unspecified atom stereocenters. The zero-order valence-corrected chi connectivity index (χ0v) is 27.6. The van der Waals surface area contributed by atoms with Crippen LogP contribution >= 0.6 is 0 Å². The number of nitrogens with one attached hydrogen (secondary N) is 1. The third-order valence-electron chi connectivity index (χ3n) is 7.58. The maximum atomic E-state index is 14.5. The number of amides is 2. The molecule has 0 spiro atoms. The Labute approximate surface area is 273 Å². The van der Waals surface area contributed by atoms with Crippen LogP contribution < -0.4 is 14.4 Å². The third-order valence-corrected chi connectivity index (χ3v) is 9.37. The number of hydrogen-bond donors (Lipinski definition) is 1. The van der Waals surface area contributed by atoms with E-state index in [-0.39, 0.29) is 23.8 Å². The molecule has 0 saturated heterocycles. The highest BCUT2D eigenvalue weighted by molar-refractivity contribution is 7.92. The van der Waals surface area contributed by atoms with Crippen LogP contribution in [-0.4, -0.2) is 50.9 Å². The lowest BCUT2D eigenvalue weighted by molar-refractivity contribution is -0.140. The van der Waals surface area contributed by atoms with Crippen LogP contribution in [0.25, 0.3) is 0 Å². The van der Waals surface area contributed by atoms with E-state index in [9.17, 15) is 18.0 Å². The van der Waals surface area contributed by atoms with E-state index in [0.717, 1.165) is 33.8 Å². The number of benzene rings is 4. The topological polar surface area (TPSA) is 96.0 Å². The van der Waals surface area contributed by atoms with Crippen LogP contribution in [0, 0.1) is 6.92 Å². The predicted octanol–water partition coefficient (Wildman–Crippen LogP) is 6.15. The summed E-state index contributed by atoms with van der Waals surface area (Å²) in [4.78, 5) is 30.0. The minimum Gasteiger partial charge on any atom is -0.494 e. The Morgan fingerprint density at radius 3 is 2.11 bits per heavy atom. The summed E-state index contributed by atoms with van der Waals surface area (Å²) < 4.78 is 34.9. The average molecular weight is 642 g/mol. The fraction of sp³-hybridized carbons (Fsp3) is 0.297. The fourth-order valence-electron chi connectivity index (χ4n) is 5.19. The zero-order valence-electron chi connectivity index (χ0n) is 26.8. The number of carbonyl (C=O) groups is 2. The van der Waals surface area contributed by atoms with Gasteiger partial charge in [0.15, 0.2) is 0 Å². The van der Waals surface area contributed by atoms with Crippen molar-refractivity contribution in [1.82, 2.24) is 10.2 Å². The second-order valence-corrected chi connectivity index (χ2v) is 13.0. The Morgan fingerprint density at radius 2 is 1.48 bits per heavy atom. The smallest absolute Gasteiger partial charge is 0.264 e. The van der Waals surface area contributed by atoms with Crippen molar-refractivity contribution in [2.75, 3.05) is 24.0 Å². The van der Waals surface area contributed by atoms with E-state index in [2.05, 4.69) is 5.32 Å². The first-order valence-electron chi connectivity index (χ1n) is 15.7. The molecule has 242 valence electrons. The summed E-state index contributed by atoms with van der Waals surface area (Å²) in [6.07, 6.45) is 1.98. The second kappa shape index (κ2) is 16.6. The van der Waals surface area contributed by atoms with E-state index < -0.39 is 28.5 Å². The molecular weight excluding hydrogens is 598 g/mol. The maximum absolute atomic E-state index is 14.5. The highest BCUT2D eigenvalue weighted by atomic mass is 32.2. The summed E-state index contributed by atoms with van der Waals surface area (Å²) in [7, 11) is -4.17. The normalized spacial score (nSPS) is 11.8. The van der Waals surface area contributed by atoms with Crippen molar-refractivity contribution in [2.24, 2.45) is 0 Å². The Hall–Kier alpha value is -4.63. The van der Waals surface area contributed by atoms with Crippen LogP contribution in [0.1, 0.15) is 43.4 Å². The van der Waals surface area contributed by atoms with Crippen molar-refractivity contribution >= 4 is 27.5 Å². The lowest BCUT2D eigenvalue weighted by Crippen LogP contribution is -2.53. The molecule has 2 amide bonds. The van der Waals surface area contributed by atoms with Crippen molar-refractivity contribution in [3.8, 4) is 5.75 Å². The number of carbonyl (C=O) groups excluding carboxylic acids is 2. The van der Waals surface area contributed by atoms with Crippen molar-refractivity contribution in [3.63, 3.8) is 0 Å². The van der Waals surface area contributed by atoms with Crippen molar-refractivity contribution in [1.29, 1.82) is 0 Å². The summed E-state index contributed by atoms with van der Waals surface area (Å²) in [6.45, 7) is 6.44.